The first-order chi connectivity index (χ1) is 15.1. The number of hydrogen-bond acceptors (Lipinski definition) is 4. The average Bonchev–Trinajstić information content (AvgIpc) is 2.71. The summed E-state index contributed by atoms with van der Waals surface area (Å²) in [6.45, 7) is 4.55. The first-order valence-electron chi connectivity index (χ1n) is 10.2. The lowest BCUT2D eigenvalue weighted by Gasteiger charge is -2.37. The number of hydrogen-bond donors (Lipinski definition) is 2. The maximum absolute atomic E-state index is 15.3. The standard InChI is InChI=1S/C23H22F3N3O3/c1-11-9-28(6-5-18(11)27)21-12(2)20-14(8-17(21)26)22(30)15(23(31)32)10-29(20)19-4-3-13(24)7-16(19)25/h3-4,7-8,10-11,18H,5-6,9,27H2,1-2H3,(H,31,32)/t11-,18-/m0/s1. The van der Waals surface area contributed by atoms with E-state index in [-0.39, 0.29) is 34.2 Å². The largest absolute Gasteiger partial charge is 0.477 e. The number of rotatable bonds is 3. The fraction of sp³-hybridized carbons (Fsp3) is 0.304. The predicted molar refractivity (Wildman–Crippen MR) is 115 cm³/mol. The highest BCUT2D eigenvalue weighted by atomic mass is 19.1. The van der Waals surface area contributed by atoms with Crippen molar-refractivity contribution in [1.29, 1.82) is 0 Å². The lowest BCUT2D eigenvalue weighted by Crippen LogP contribution is -2.46. The Morgan fingerprint density at radius 3 is 2.53 bits per heavy atom. The zero-order valence-electron chi connectivity index (χ0n) is 17.5. The highest BCUT2D eigenvalue weighted by molar-refractivity contribution is 5.96. The quantitative estimate of drug-likeness (QED) is 0.643. The minimum absolute atomic E-state index is 0.0142. The van der Waals surface area contributed by atoms with Crippen LogP contribution in [0.3, 0.4) is 0 Å². The van der Waals surface area contributed by atoms with E-state index < -0.39 is 34.4 Å². The van der Waals surface area contributed by atoms with Gasteiger partial charge >= 0.3 is 5.97 Å². The number of benzene rings is 2. The van der Waals surface area contributed by atoms with Gasteiger partial charge in [-0.2, -0.15) is 0 Å². The van der Waals surface area contributed by atoms with Crippen LogP contribution in [0.5, 0.6) is 0 Å². The van der Waals surface area contributed by atoms with Gasteiger partial charge in [0.2, 0.25) is 5.43 Å². The number of aromatic carboxylic acids is 1. The molecular weight excluding hydrogens is 423 g/mol. The fourth-order valence-electron chi connectivity index (χ4n) is 4.41. The Kier molecular flexibility index (Phi) is 5.46. The van der Waals surface area contributed by atoms with Crippen molar-refractivity contribution < 1.29 is 23.1 Å². The summed E-state index contributed by atoms with van der Waals surface area (Å²) < 4.78 is 44.6. The van der Waals surface area contributed by atoms with Crippen LogP contribution in [-0.2, 0) is 0 Å². The smallest absolute Gasteiger partial charge is 0.341 e. The zero-order valence-corrected chi connectivity index (χ0v) is 17.5. The topological polar surface area (TPSA) is 88.6 Å². The first kappa shape index (κ1) is 21.9. The Morgan fingerprint density at radius 2 is 1.91 bits per heavy atom. The summed E-state index contributed by atoms with van der Waals surface area (Å²) in [5.41, 5.74) is 5.15. The van der Waals surface area contributed by atoms with Gasteiger partial charge < -0.3 is 20.3 Å². The molecule has 0 bridgehead atoms. The number of aromatic nitrogens is 1. The molecule has 2 heterocycles. The minimum Gasteiger partial charge on any atom is -0.477 e. The molecule has 0 saturated carbocycles. The molecule has 0 radical (unpaired) electrons. The van der Waals surface area contributed by atoms with Gasteiger partial charge in [0.15, 0.2) is 0 Å². The maximum Gasteiger partial charge on any atom is 0.341 e. The maximum atomic E-state index is 15.3. The van der Waals surface area contributed by atoms with Crippen LogP contribution >= 0.6 is 0 Å². The Labute approximate surface area is 181 Å². The second-order valence-electron chi connectivity index (χ2n) is 8.25. The molecule has 3 aromatic rings. The summed E-state index contributed by atoms with van der Waals surface area (Å²) in [7, 11) is 0. The number of carboxylic acids is 1. The molecule has 0 unspecified atom stereocenters. The van der Waals surface area contributed by atoms with Crippen molar-refractivity contribution in [2.45, 2.75) is 26.3 Å². The Bertz CT molecular complexity index is 1310. The molecular formula is C23H22F3N3O3. The Morgan fingerprint density at radius 1 is 1.19 bits per heavy atom. The van der Waals surface area contributed by atoms with E-state index in [4.69, 9.17) is 5.73 Å². The van der Waals surface area contributed by atoms with Crippen molar-refractivity contribution in [3.63, 3.8) is 0 Å². The van der Waals surface area contributed by atoms with E-state index in [1.807, 2.05) is 11.8 Å². The van der Waals surface area contributed by atoms with Crippen molar-refractivity contribution in [3.05, 3.63) is 69.3 Å². The van der Waals surface area contributed by atoms with E-state index in [2.05, 4.69) is 0 Å². The first-order valence-corrected chi connectivity index (χ1v) is 10.2. The van der Waals surface area contributed by atoms with Gasteiger partial charge in [0.1, 0.15) is 23.0 Å². The molecule has 1 saturated heterocycles. The molecule has 168 valence electrons. The number of piperidine rings is 1. The summed E-state index contributed by atoms with van der Waals surface area (Å²) in [4.78, 5) is 26.3. The summed E-state index contributed by atoms with van der Waals surface area (Å²) in [5.74, 6) is -3.87. The summed E-state index contributed by atoms with van der Waals surface area (Å²) in [5, 5.41) is 9.28. The van der Waals surface area contributed by atoms with Gasteiger partial charge in [0.25, 0.3) is 0 Å². The van der Waals surface area contributed by atoms with Crippen LogP contribution in [0.15, 0.2) is 35.3 Å². The molecule has 2 aromatic carbocycles. The highest BCUT2D eigenvalue weighted by Gasteiger charge is 2.28. The SMILES string of the molecule is Cc1c(N2CC[C@H](N)[C@@H](C)C2)c(F)cc2c(=O)c(C(=O)O)cn(-c3ccc(F)cc3F)c12. The number of halogens is 3. The number of nitrogens with two attached hydrogens (primary N) is 1. The molecule has 1 aliphatic rings. The lowest BCUT2D eigenvalue weighted by molar-refractivity contribution is 0.0695. The molecule has 0 amide bonds. The van der Waals surface area contributed by atoms with Crippen LogP contribution in [0.4, 0.5) is 18.9 Å². The molecule has 1 aliphatic heterocycles. The molecule has 1 aromatic heterocycles. The molecule has 9 heteroatoms. The van der Waals surface area contributed by atoms with Crippen LogP contribution in [0.25, 0.3) is 16.6 Å². The van der Waals surface area contributed by atoms with Crippen LogP contribution in [0.2, 0.25) is 0 Å². The van der Waals surface area contributed by atoms with Crippen molar-refractivity contribution in [1.82, 2.24) is 4.57 Å². The van der Waals surface area contributed by atoms with Crippen molar-refractivity contribution >= 4 is 22.6 Å². The van der Waals surface area contributed by atoms with Crippen molar-refractivity contribution in [2.75, 3.05) is 18.0 Å². The number of nitrogens with zero attached hydrogens (tertiary/aromatic N) is 2. The van der Waals surface area contributed by atoms with E-state index in [0.29, 0.717) is 31.1 Å². The van der Waals surface area contributed by atoms with E-state index in [1.54, 1.807) is 6.92 Å². The second kappa shape index (κ2) is 7.98. The number of carbonyl (C=O) groups is 1. The summed E-state index contributed by atoms with van der Waals surface area (Å²) in [6.07, 6.45) is 1.64. The molecule has 1 fully saturated rings. The van der Waals surface area contributed by atoms with Gasteiger partial charge in [-0.1, -0.05) is 6.92 Å². The van der Waals surface area contributed by atoms with E-state index >= 15 is 4.39 Å². The Balaban J connectivity index is 2.07. The van der Waals surface area contributed by atoms with Crippen LogP contribution in [-0.4, -0.2) is 34.8 Å². The Hall–Kier alpha value is -3.33. The molecule has 0 spiro atoms. The normalized spacial score (nSPS) is 18.9. The van der Waals surface area contributed by atoms with Crippen LogP contribution in [0.1, 0.15) is 29.3 Å². The molecule has 32 heavy (non-hydrogen) atoms. The van der Waals surface area contributed by atoms with E-state index in [1.165, 1.54) is 4.57 Å². The summed E-state index contributed by atoms with van der Waals surface area (Å²) >= 11 is 0. The zero-order chi connectivity index (χ0) is 23.3. The third-order valence-electron chi connectivity index (χ3n) is 6.14. The second-order valence-corrected chi connectivity index (χ2v) is 8.25. The number of fused-ring (bicyclic) bond motifs is 1. The van der Waals surface area contributed by atoms with Gasteiger partial charge in [-0.3, -0.25) is 4.79 Å². The monoisotopic (exact) mass is 445 g/mol. The molecule has 3 N–H and O–H groups in total. The minimum atomic E-state index is -1.53. The number of anilines is 1. The molecule has 4 rings (SSSR count). The molecule has 2 atom stereocenters. The number of pyridine rings is 1. The van der Waals surface area contributed by atoms with Gasteiger partial charge in [-0.15, -0.1) is 0 Å². The van der Waals surface area contributed by atoms with Crippen molar-refractivity contribution in [2.24, 2.45) is 11.7 Å². The van der Waals surface area contributed by atoms with Crippen LogP contribution in [0, 0.1) is 30.3 Å². The fourth-order valence-corrected chi connectivity index (χ4v) is 4.41. The van der Waals surface area contributed by atoms with Gasteiger partial charge in [-0.05, 0) is 37.5 Å². The summed E-state index contributed by atoms with van der Waals surface area (Å²) in [6, 6.07) is 3.80. The van der Waals surface area contributed by atoms with Crippen molar-refractivity contribution in [3.8, 4) is 5.69 Å². The highest BCUT2D eigenvalue weighted by Crippen LogP contribution is 2.34. The number of aryl methyl sites for hydroxylation is 1. The lowest BCUT2D eigenvalue weighted by atomic mass is 9.93. The van der Waals surface area contributed by atoms with Gasteiger partial charge in [0.05, 0.1) is 22.3 Å². The van der Waals surface area contributed by atoms with Crippen LogP contribution < -0.4 is 16.1 Å². The van der Waals surface area contributed by atoms with Gasteiger partial charge in [0, 0.05) is 37.0 Å². The molecule has 0 aliphatic carbocycles. The van der Waals surface area contributed by atoms with E-state index in [9.17, 15) is 23.5 Å². The number of carboxylic acid groups (broad SMARTS) is 1. The van der Waals surface area contributed by atoms with Gasteiger partial charge in [-0.25, -0.2) is 18.0 Å². The third-order valence-corrected chi connectivity index (χ3v) is 6.14. The molecule has 6 nitrogen and oxygen atoms in total. The average molecular weight is 445 g/mol. The van der Waals surface area contributed by atoms with E-state index in [0.717, 1.165) is 24.4 Å². The third kappa shape index (κ3) is 3.52. The predicted octanol–water partition coefficient (Wildman–Crippen LogP) is 3.59.